The zero-order valence-electron chi connectivity index (χ0n) is 12.5. The Hall–Kier alpha value is -0.120. The quantitative estimate of drug-likeness (QED) is 0.708. The Morgan fingerprint density at radius 2 is 2.30 bits per heavy atom. The Labute approximate surface area is 131 Å². The second kappa shape index (κ2) is 6.33. The molecule has 2 aliphatic rings. The fraction of sp³-hybridized carbons (Fsp3) is 0.812. The first kappa shape index (κ1) is 14.8. The van der Waals surface area contributed by atoms with Gasteiger partial charge in [0.25, 0.3) is 0 Å². The van der Waals surface area contributed by atoms with Crippen LogP contribution >= 0.6 is 22.9 Å². The van der Waals surface area contributed by atoms with Crippen LogP contribution in [0.3, 0.4) is 0 Å². The largest absolute Gasteiger partial charge is 0.297 e. The molecule has 0 N–H and O–H groups in total. The van der Waals surface area contributed by atoms with Crippen molar-refractivity contribution >= 4 is 22.9 Å². The van der Waals surface area contributed by atoms with E-state index in [1.165, 1.54) is 37.2 Å². The molecule has 20 heavy (non-hydrogen) atoms. The molecule has 2 aliphatic carbocycles. The van der Waals surface area contributed by atoms with E-state index in [1.807, 2.05) is 0 Å². The van der Waals surface area contributed by atoms with Gasteiger partial charge in [0.15, 0.2) is 0 Å². The minimum absolute atomic E-state index is 0.469. The molecule has 2 fully saturated rings. The number of nitrogens with zero attached hydrogens (tertiary/aromatic N) is 2. The van der Waals surface area contributed by atoms with Crippen molar-refractivity contribution in [1.82, 2.24) is 9.88 Å². The number of fused-ring (bicyclic) bond motifs is 2. The molecular formula is C16H25ClN2S. The highest BCUT2D eigenvalue weighted by Gasteiger charge is 2.40. The molecule has 112 valence electrons. The summed E-state index contributed by atoms with van der Waals surface area (Å²) in [7, 11) is 2.28. The SMILES string of the molecule is CCC(c1nc(CCl)cs1)N(C)CC1CC2CCC1C2. The maximum absolute atomic E-state index is 5.88. The van der Waals surface area contributed by atoms with Crippen molar-refractivity contribution in [3.8, 4) is 0 Å². The van der Waals surface area contributed by atoms with E-state index < -0.39 is 0 Å². The third-order valence-corrected chi connectivity index (χ3v) is 6.59. The van der Waals surface area contributed by atoms with Gasteiger partial charge in [-0.1, -0.05) is 13.3 Å². The smallest absolute Gasteiger partial charge is 0.110 e. The lowest BCUT2D eigenvalue weighted by Gasteiger charge is -2.31. The van der Waals surface area contributed by atoms with Crippen molar-refractivity contribution in [3.63, 3.8) is 0 Å². The second-order valence-electron chi connectivity index (χ2n) is 6.61. The number of rotatable bonds is 6. The minimum Gasteiger partial charge on any atom is -0.297 e. The molecule has 4 unspecified atom stereocenters. The van der Waals surface area contributed by atoms with Gasteiger partial charge in [-0.25, -0.2) is 4.98 Å². The van der Waals surface area contributed by atoms with Gasteiger partial charge in [-0.3, -0.25) is 4.90 Å². The highest BCUT2D eigenvalue weighted by molar-refractivity contribution is 7.09. The number of hydrogen-bond donors (Lipinski definition) is 0. The minimum atomic E-state index is 0.469. The molecule has 1 aromatic heterocycles. The first-order valence-electron chi connectivity index (χ1n) is 7.91. The normalized spacial score (nSPS) is 30.3. The summed E-state index contributed by atoms with van der Waals surface area (Å²) in [6, 6.07) is 0.469. The van der Waals surface area contributed by atoms with Crippen LogP contribution < -0.4 is 0 Å². The molecule has 0 spiro atoms. The summed E-state index contributed by atoms with van der Waals surface area (Å²) in [4.78, 5) is 7.23. The molecule has 1 heterocycles. The highest BCUT2D eigenvalue weighted by Crippen LogP contribution is 2.48. The predicted octanol–water partition coefficient (Wildman–Crippen LogP) is 4.70. The van der Waals surface area contributed by atoms with E-state index in [1.54, 1.807) is 11.3 Å². The number of aromatic nitrogens is 1. The first-order chi connectivity index (χ1) is 9.71. The van der Waals surface area contributed by atoms with Gasteiger partial charge in [-0.2, -0.15) is 0 Å². The van der Waals surface area contributed by atoms with Gasteiger partial charge in [0, 0.05) is 11.9 Å². The average molecular weight is 313 g/mol. The highest BCUT2D eigenvalue weighted by atomic mass is 35.5. The van der Waals surface area contributed by atoms with Crippen LogP contribution in [-0.2, 0) is 5.88 Å². The van der Waals surface area contributed by atoms with Crippen LogP contribution in [0, 0.1) is 17.8 Å². The summed E-state index contributed by atoms with van der Waals surface area (Å²) >= 11 is 7.65. The van der Waals surface area contributed by atoms with Gasteiger partial charge < -0.3 is 0 Å². The maximum atomic E-state index is 5.88. The summed E-state index contributed by atoms with van der Waals surface area (Å²) in [5, 5.41) is 3.35. The van der Waals surface area contributed by atoms with Crippen molar-refractivity contribution in [3.05, 3.63) is 16.1 Å². The van der Waals surface area contributed by atoms with E-state index in [9.17, 15) is 0 Å². The van der Waals surface area contributed by atoms with Gasteiger partial charge in [-0.05, 0) is 50.5 Å². The first-order valence-corrected chi connectivity index (χ1v) is 9.33. The van der Waals surface area contributed by atoms with Crippen molar-refractivity contribution in [2.75, 3.05) is 13.6 Å². The molecule has 0 saturated heterocycles. The van der Waals surface area contributed by atoms with Crippen LogP contribution in [-0.4, -0.2) is 23.5 Å². The second-order valence-corrected chi connectivity index (χ2v) is 7.77. The van der Waals surface area contributed by atoms with Crippen LogP contribution in [0.2, 0.25) is 0 Å². The number of halogens is 1. The topological polar surface area (TPSA) is 16.1 Å². The van der Waals surface area contributed by atoms with Gasteiger partial charge in [-0.15, -0.1) is 22.9 Å². The molecule has 2 nitrogen and oxygen atoms in total. The molecule has 0 aliphatic heterocycles. The molecule has 2 saturated carbocycles. The van der Waals surface area contributed by atoms with Crippen molar-refractivity contribution in [2.45, 2.75) is 50.9 Å². The van der Waals surface area contributed by atoms with Crippen molar-refractivity contribution in [1.29, 1.82) is 0 Å². The van der Waals surface area contributed by atoms with E-state index >= 15 is 0 Å². The molecule has 0 amide bonds. The van der Waals surface area contributed by atoms with E-state index in [2.05, 4.69) is 29.2 Å². The monoisotopic (exact) mass is 312 g/mol. The van der Waals surface area contributed by atoms with Crippen LogP contribution in [0.15, 0.2) is 5.38 Å². The van der Waals surface area contributed by atoms with E-state index in [0.29, 0.717) is 11.9 Å². The lowest BCUT2D eigenvalue weighted by molar-refractivity contribution is 0.169. The van der Waals surface area contributed by atoms with Gasteiger partial charge in [0.05, 0.1) is 17.6 Å². The van der Waals surface area contributed by atoms with E-state index in [-0.39, 0.29) is 0 Å². The fourth-order valence-corrected chi connectivity index (χ4v) is 5.60. The Morgan fingerprint density at radius 3 is 2.85 bits per heavy atom. The van der Waals surface area contributed by atoms with Crippen molar-refractivity contribution < 1.29 is 0 Å². The Bertz CT molecular complexity index is 447. The van der Waals surface area contributed by atoms with E-state index in [0.717, 1.165) is 29.9 Å². The number of hydrogen-bond acceptors (Lipinski definition) is 3. The zero-order valence-corrected chi connectivity index (χ0v) is 14.1. The molecule has 1 aromatic rings. The standard InChI is InChI=1S/C16H25ClN2S/c1-3-15(16-18-14(8-17)10-20-16)19(2)9-13-7-11-4-5-12(13)6-11/h10-13,15H,3-9H2,1-2H3. The molecule has 0 radical (unpaired) electrons. The summed E-state index contributed by atoms with van der Waals surface area (Å²) in [5.74, 6) is 3.51. The van der Waals surface area contributed by atoms with Gasteiger partial charge >= 0.3 is 0 Å². The maximum Gasteiger partial charge on any atom is 0.110 e. The lowest BCUT2D eigenvalue weighted by Crippen LogP contribution is -2.32. The average Bonchev–Trinajstić information content (AvgIpc) is 3.14. The number of alkyl halides is 1. The van der Waals surface area contributed by atoms with Gasteiger partial charge in [0.2, 0.25) is 0 Å². The summed E-state index contributed by atoms with van der Waals surface area (Å²) < 4.78 is 0. The van der Waals surface area contributed by atoms with E-state index in [4.69, 9.17) is 11.6 Å². The Morgan fingerprint density at radius 1 is 1.45 bits per heavy atom. The molecule has 0 aromatic carbocycles. The van der Waals surface area contributed by atoms with Crippen LogP contribution in [0.25, 0.3) is 0 Å². The third kappa shape index (κ3) is 2.90. The van der Waals surface area contributed by atoms with Crippen LogP contribution in [0.4, 0.5) is 0 Å². The summed E-state index contributed by atoms with van der Waals surface area (Å²) in [6.45, 7) is 3.51. The van der Waals surface area contributed by atoms with Crippen LogP contribution in [0.5, 0.6) is 0 Å². The van der Waals surface area contributed by atoms with Crippen LogP contribution in [0.1, 0.15) is 55.8 Å². The molecule has 4 atom stereocenters. The molecular weight excluding hydrogens is 288 g/mol. The Kier molecular flexibility index (Phi) is 4.68. The zero-order chi connectivity index (χ0) is 14.1. The Balaban J connectivity index is 1.63. The molecule has 4 heteroatoms. The van der Waals surface area contributed by atoms with Crippen molar-refractivity contribution in [2.24, 2.45) is 17.8 Å². The third-order valence-electron chi connectivity index (χ3n) is 5.32. The predicted molar refractivity (Wildman–Crippen MR) is 86.3 cm³/mol. The molecule has 2 bridgehead atoms. The summed E-state index contributed by atoms with van der Waals surface area (Å²) in [6.07, 6.45) is 7.08. The number of thiazole rings is 1. The van der Waals surface area contributed by atoms with Gasteiger partial charge in [0.1, 0.15) is 5.01 Å². The molecule has 3 rings (SSSR count). The fourth-order valence-electron chi connectivity index (χ4n) is 4.31. The lowest BCUT2D eigenvalue weighted by atomic mass is 9.88. The summed E-state index contributed by atoms with van der Waals surface area (Å²) in [5.41, 5.74) is 1.03.